The normalized spacial score (nSPS) is 15.8. The Kier molecular flexibility index (Phi) is 4.64. The molecule has 6 nitrogen and oxygen atoms in total. The lowest BCUT2D eigenvalue weighted by Crippen LogP contribution is -2.35. The topological polar surface area (TPSA) is 69.0 Å². The van der Waals surface area contributed by atoms with Gasteiger partial charge in [-0.3, -0.25) is 4.79 Å². The zero-order valence-electron chi connectivity index (χ0n) is 14.3. The van der Waals surface area contributed by atoms with Gasteiger partial charge in [-0.15, -0.1) is 0 Å². The first-order valence-electron chi connectivity index (χ1n) is 8.72. The minimum atomic E-state index is -0.0519. The van der Waals surface area contributed by atoms with Crippen molar-refractivity contribution in [2.75, 3.05) is 13.2 Å². The largest absolute Gasteiger partial charge is 0.493 e. The smallest absolute Gasteiger partial charge is 0.226 e. The highest BCUT2D eigenvalue weighted by Gasteiger charge is 2.20. The van der Waals surface area contributed by atoms with Gasteiger partial charge in [0.15, 0.2) is 0 Å². The molecule has 3 aromatic rings. The van der Waals surface area contributed by atoms with Crippen LogP contribution in [0.1, 0.15) is 11.3 Å². The van der Waals surface area contributed by atoms with Gasteiger partial charge >= 0.3 is 0 Å². The van der Waals surface area contributed by atoms with Gasteiger partial charge in [-0.1, -0.05) is 36.4 Å². The first kappa shape index (κ1) is 16.3. The molecule has 1 unspecified atom stereocenters. The summed E-state index contributed by atoms with van der Waals surface area (Å²) in [6, 6.07) is 17.7. The number of nitrogens with zero attached hydrogens (tertiary/aromatic N) is 3. The third kappa shape index (κ3) is 3.74. The van der Waals surface area contributed by atoms with Crippen LogP contribution in [0.5, 0.6) is 5.75 Å². The fourth-order valence-electron chi connectivity index (χ4n) is 3.07. The average Bonchev–Trinajstić information content (AvgIpc) is 3.15. The van der Waals surface area contributed by atoms with Crippen LogP contribution in [0.3, 0.4) is 0 Å². The highest BCUT2D eigenvalue weighted by atomic mass is 16.5. The highest BCUT2D eigenvalue weighted by Crippen LogP contribution is 2.26. The van der Waals surface area contributed by atoms with E-state index in [0.717, 1.165) is 17.9 Å². The number of benzene rings is 2. The van der Waals surface area contributed by atoms with Crippen molar-refractivity contribution in [2.24, 2.45) is 5.92 Å². The van der Waals surface area contributed by atoms with Crippen molar-refractivity contribution in [1.82, 2.24) is 20.3 Å². The lowest BCUT2D eigenvalue weighted by molar-refractivity contribution is -0.120. The summed E-state index contributed by atoms with van der Waals surface area (Å²) in [5.74, 6) is 1.19. The molecule has 2 heterocycles. The van der Waals surface area contributed by atoms with Gasteiger partial charge in [0.2, 0.25) is 5.91 Å². The van der Waals surface area contributed by atoms with Gasteiger partial charge in [0.1, 0.15) is 5.75 Å². The van der Waals surface area contributed by atoms with Crippen LogP contribution in [-0.4, -0.2) is 34.1 Å². The van der Waals surface area contributed by atoms with Crippen LogP contribution in [0.4, 0.5) is 0 Å². The predicted octanol–water partition coefficient (Wildman–Crippen LogP) is 2.18. The summed E-state index contributed by atoms with van der Waals surface area (Å²) in [6.45, 7) is 1.22. The third-order valence-electron chi connectivity index (χ3n) is 4.41. The Bertz CT molecular complexity index is 892. The summed E-state index contributed by atoms with van der Waals surface area (Å²) in [5.41, 5.74) is 2.72. The van der Waals surface area contributed by atoms with Crippen LogP contribution in [0, 0.1) is 5.92 Å². The molecule has 4 rings (SSSR count). The molecule has 6 heteroatoms. The molecule has 1 atom stereocenters. The molecule has 26 heavy (non-hydrogen) atoms. The summed E-state index contributed by atoms with van der Waals surface area (Å²) in [4.78, 5) is 13.8. The van der Waals surface area contributed by atoms with Gasteiger partial charge in [-0.2, -0.15) is 15.0 Å². The number of hydrogen-bond acceptors (Lipinski definition) is 4. The molecular weight excluding hydrogens is 328 g/mol. The molecule has 132 valence electrons. The number of ether oxygens (including phenoxy) is 1. The molecule has 2 aromatic carbocycles. The zero-order valence-corrected chi connectivity index (χ0v) is 14.3. The summed E-state index contributed by atoms with van der Waals surface area (Å²) < 4.78 is 5.76. The minimum Gasteiger partial charge on any atom is -0.493 e. The van der Waals surface area contributed by atoms with Crippen molar-refractivity contribution in [3.8, 4) is 11.4 Å². The number of aromatic nitrogens is 3. The monoisotopic (exact) mass is 348 g/mol. The SMILES string of the molecule is O=C(Cc1cnn(-c2ccccc2)n1)NCC1COc2ccccc2C1. The van der Waals surface area contributed by atoms with Gasteiger partial charge in [0, 0.05) is 12.5 Å². The first-order chi connectivity index (χ1) is 12.8. The lowest BCUT2D eigenvalue weighted by atomic mass is 9.97. The van der Waals surface area contributed by atoms with Gasteiger partial charge in [0.05, 0.1) is 30.6 Å². The molecule has 1 aromatic heterocycles. The van der Waals surface area contributed by atoms with Gasteiger partial charge in [-0.25, -0.2) is 0 Å². The predicted molar refractivity (Wildman–Crippen MR) is 97.2 cm³/mol. The van der Waals surface area contributed by atoms with E-state index in [9.17, 15) is 4.79 Å². The Morgan fingerprint density at radius 3 is 2.85 bits per heavy atom. The second kappa shape index (κ2) is 7.39. The highest BCUT2D eigenvalue weighted by molar-refractivity contribution is 5.78. The molecule has 1 aliphatic heterocycles. The van der Waals surface area contributed by atoms with E-state index in [1.54, 1.807) is 6.20 Å². The number of nitrogens with one attached hydrogen (secondary N) is 1. The summed E-state index contributed by atoms with van der Waals surface area (Å²) in [6.07, 6.45) is 2.77. The maximum absolute atomic E-state index is 12.2. The van der Waals surface area contributed by atoms with Gasteiger partial charge < -0.3 is 10.1 Å². The van der Waals surface area contributed by atoms with E-state index in [-0.39, 0.29) is 18.2 Å². The molecule has 0 spiro atoms. The Labute approximate surface area is 151 Å². The Morgan fingerprint density at radius 1 is 1.15 bits per heavy atom. The van der Waals surface area contributed by atoms with Crippen molar-refractivity contribution in [3.05, 3.63) is 72.1 Å². The summed E-state index contributed by atoms with van der Waals surface area (Å²) in [5, 5.41) is 11.6. The van der Waals surface area contributed by atoms with E-state index < -0.39 is 0 Å². The molecular formula is C20H20N4O2. The Balaban J connectivity index is 1.29. The van der Waals surface area contributed by atoms with Gasteiger partial charge in [0.25, 0.3) is 0 Å². The number of fused-ring (bicyclic) bond motifs is 1. The molecule has 0 aliphatic carbocycles. The maximum atomic E-state index is 12.2. The molecule has 0 saturated carbocycles. The molecule has 0 bridgehead atoms. The van der Waals surface area contributed by atoms with E-state index >= 15 is 0 Å². The number of amides is 1. The van der Waals surface area contributed by atoms with Crippen LogP contribution in [-0.2, 0) is 17.6 Å². The Morgan fingerprint density at radius 2 is 1.96 bits per heavy atom. The van der Waals surface area contributed by atoms with Crippen LogP contribution in [0.15, 0.2) is 60.8 Å². The number of carbonyl (C=O) groups is 1. The fraction of sp³-hybridized carbons (Fsp3) is 0.250. The third-order valence-corrected chi connectivity index (χ3v) is 4.41. The van der Waals surface area contributed by atoms with Crippen molar-refractivity contribution in [2.45, 2.75) is 12.8 Å². The maximum Gasteiger partial charge on any atom is 0.226 e. The molecule has 0 fully saturated rings. The van der Waals surface area contributed by atoms with E-state index in [0.29, 0.717) is 18.8 Å². The van der Waals surface area contributed by atoms with Crippen molar-refractivity contribution in [1.29, 1.82) is 0 Å². The van der Waals surface area contributed by atoms with Crippen LogP contribution < -0.4 is 10.1 Å². The van der Waals surface area contributed by atoms with E-state index in [1.807, 2.05) is 48.5 Å². The molecule has 1 aliphatic rings. The number of rotatable bonds is 5. The molecule has 0 radical (unpaired) electrons. The zero-order chi connectivity index (χ0) is 17.8. The van der Waals surface area contributed by atoms with Gasteiger partial charge in [-0.05, 0) is 30.2 Å². The van der Waals surface area contributed by atoms with E-state index in [1.165, 1.54) is 10.4 Å². The van der Waals surface area contributed by atoms with Crippen LogP contribution in [0.2, 0.25) is 0 Å². The summed E-state index contributed by atoms with van der Waals surface area (Å²) in [7, 11) is 0. The van der Waals surface area contributed by atoms with E-state index in [2.05, 4.69) is 21.6 Å². The lowest BCUT2D eigenvalue weighted by Gasteiger charge is -2.25. The van der Waals surface area contributed by atoms with Crippen molar-refractivity contribution >= 4 is 5.91 Å². The van der Waals surface area contributed by atoms with Crippen LogP contribution in [0.25, 0.3) is 5.69 Å². The van der Waals surface area contributed by atoms with Crippen LogP contribution >= 0.6 is 0 Å². The summed E-state index contributed by atoms with van der Waals surface area (Å²) >= 11 is 0. The average molecular weight is 348 g/mol. The number of para-hydroxylation sites is 2. The second-order valence-electron chi connectivity index (χ2n) is 6.43. The van der Waals surface area contributed by atoms with E-state index in [4.69, 9.17) is 4.74 Å². The van der Waals surface area contributed by atoms with Crippen molar-refractivity contribution in [3.63, 3.8) is 0 Å². The minimum absolute atomic E-state index is 0.0519. The van der Waals surface area contributed by atoms with Crippen molar-refractivity contribution < 1.29 is 9.53 Å². The standard InChI is InChI=1S/C20H20N4O2/c25-20(11-17-13-22-24(23-17)18-7-2-1-3-8-18)21-12-15-10-16-6-4-5-9-19(16)26-14-15/h1-9,13,15H,10-12,14H2,(H,21,25). The molecule has 0 saturated heterocycles. The number of carbonyl (C=O) groups excluding carboxylic acids is 1. The fourth-order valence-corrected chi connectivity index (χ4v) is 3.07. The Hall–Kier alpha value is -3.15. The first-order valence-corrected chi connectivity index (χ1v) is 8.72. The molecule has 1 N–H and O–H groups in total. The molecule has 1 amide bonds. The quantitative estimate of drug-likeness (QED) is 0.767. The second-order valence-corrected chi connectivity index (χ2v) is 6.43. The number of hydrogen-bond donors (Lipinski definition) is 1.